The Kier molecular flexibility index (Phi) is 3.66. The van der Waals surface area contributed by atoms with Gasteiger partial charge in [0.25, 0.3) is 5.91 Å². The fourth-order valence-corrected chi connectivity index (χ4v) is 2.54. The van der Waals surface area contributed by atoms with Gasteiger partial charge in [-0.25, -0.2) is 0 Å². The molecular weight excluding hydrogens is 332 g/mol. The van der Waals surface area contributed by atoms with Crippen molar-refractivity contribution >= 4 is 38.4 Å². The number of carbonyl (C=O) groups excluding carboxylic acids is 1. The number of hydrogen-bond acceptors (Lipinski definition) is 2. The molecule has 5 heteroatoms. The molecule has 0 unspecified atom stereocenters. The van der Waals surface area contributed by atoms with Crippen LogP contribution in [0.2, 0.25) is 0 Å². The van der Waals surface area contributed by atoms with Crippen LogP contribution in [0.4, 0.5) is 5.69 Å². The second-order valence-corrected chi connectivity index (χ2v) is 5.44. The number of aromatic nitrogens is 1. The Morgan fingerprint density at radius 1 is 1.19 bits per heavy atom. The van der Waals surface area contributed by atoms with Crippen LogP contribution in [0.5, 0.6) is 5.75 Å². The van der Waals surface area contributed by atoms with Gasteiger partial charge in [0.1, 0.15) is 5.75 Å². The van der Waals surface area contributed by atoms with Crippen LogP contribution in [0.1, 0.15) is 10.4 Å². The van der Waals surface area contributed by atoms with Crippen molar-refractivity contribution in [2.75, 3.05) is 12.4 Å². The summed E-state index contributed by atoms with van der Waals surface area (Å²) in [6.45, 7) is 0. The minimum Gasteiger partial charge on any atom is -0.495 e. The van der Waals surface area contributed by atoms with Crippen LogP contribution in [0, 0.1) is 0 Å². The van der Waals surface area contributed by atoms with Crippen LogP contribution >= 0.6 is 15.9 Å². The largest absolute Gasteiger partial charge is 0.495 e. The van der Waals surface area contributed by atoms with Crippen LogP contribution in [0.3, 0.4) is 0 Å². The quantitative estimate of drug-likeness (QED) is 0.748. The zero-order valence-electron chi connectivity index (χ0n) is 11.3. The minimum absolute atomic E-state index is 0.150. The zero-order valence-corrected chi connectivity index (χ0v) is 12.9. The fourth-order valence-electron chi connectivity index (χ4n) is 2.14. The number of aromatic amines is 1. The van der Waals surface area contributed by atoms with Gasteiger partial charge in [0, 0.05) is 34.4 Å². The van der Waals surface area contributed by atoms with Gasteiger partial charge in [-0.1, -0.05) is 0 Å². The highest BCUT2D eigenvalue weighted by Gasteiger charge is 2.09. The fraction of sp³-hybridized carbons (Fsp3) is 0.0625. The first-order valence-electron chi connectivity index (χ1n) is 6.39. The summed E-state index contributed by atoms with van der Waals surface area (Å²) in [7, 11) is 1.59. The number of fused-ring (bicyclic) bond motifs is 1. The number of H-pyrrole nitrogens is 1. The second kappa shape index (κ2) is 5.61. The van der Waals surface area contributed by atoms with Crippen molar-refractivity contribution in [2.24, 2.45) is 0 Å². The Hall–Kier alpha value is -2.27. The first-order chi connectivity index (χ1) is 10.2. The van der Waals surface area contributed by atoms with Gasteiger partial charge in [-0.05, 0) is 52.3 Å². The number of methoxy groups -OCH3 is 1. The number of halogens is 1. The highest BCUT2D eigenvalue weighted by molar-refractivity contribution is 9.10. The lowest BCUT2D eigenvalue weighted by Gasteiger charge is -2.08. The topological polar surface area (TPSA) is 54.1 Å². The van der Waals surface area contributed by atoms with Crippen molar-refractivity contribution in [3.63, 3.8) is 0 Å². The third-order valence-electron chi connectivity index (χ3n) is 3.22. The molecule has 1 aromatic heterocycles. The summed E-state index contributed by atoms with van der Waals surface area (Å²) in [6.07, 6.45) is 1.85. The summed E-state index contributed by atoms with van der Waals surface area (Å²) >= 11 is 3.38. The molecule has 2 aromatic carbocycles. The van der Waals surface area contributed by atoms with Crippen LogP contribution in [-0.2, 0) is 0 Å². The van der Waals surface area contributed by atoms with E-state index >= 15 is 0 Å². The van der Waals surface area contributed by atoms with Crippen molar-refractivity contribution in [1.29, 1.82) is 0 Å². The molecule has 3 rings (SSSR count). The van der Waals surface area contributed by atoms with Crippen LogP contribution in [-0.4, -0.2) is 18.0 Å². The van der Waals surface area contributed by atoms with E-state index in [1.54, 1.807) is 19.2 Å². The molecule has 4 nitrogen and oxygen atoms in total. The molecule has 2 N–H and O–H groups in total. The standard InChI is InChI=1S/C16H13BrN2O2/c1-21-15-9-12(3-4-13(15)17)19-16(20)11-2-5-14-10(8-11)6-7-18-14/h2-9,18H,1H3,(H,19,20). The van der Waals surface area contributed by atoms with Gasteiger partial charge in [0.2, 0.25) is 0 Å². The van der Waals surface area contributed by atoms with Crippen molar-refractivity contribution in [2.45, 2.75) is 0 Å². The molecule has 0 atom stereocenters. The highest BCUT2D eigenvalue weighted by atomic mass is 79.9. The molecule has 0 aliphatic rings. The van der Waals surface area contributed by atoms with E-state index in [1.807, 2.05) is 36.5 Å². The van der Waals surface area contributed by atoms with Crippen molar-refractivity contribution in [1.82, 2.24) is 4.98 Å². The summed E-state index contributed by atoms with van der Waals surface area (Å²) in [4.78, 5) is 15.4. The van der Waals surface area contributed by atoms with E-state index in [9.17, 15) is 4.79 Å². The van der Waals surface area contributed by atoms with Crippen molar-refractivity contribution < 1.29 is 9.53 Å². The maximum atomic E-state index is 12.3. The van der Waals surface area contributed by atoms with Crippen molar-refractivity contribution in [3.05, 3.63) is 58.7 Å². The summed E-state index contributed by atoms with van der Waals surface area (Å²) in [5.41, 5.74) is 2.31. The Labute approximate surface area is 130 Å². The highest BCUT2D eigenvalue weighted by Crippen LogP contribution is 2.28. The van der Waals surface area contributed by atoms with Gasteiger partial charge in [-0.2, -0.15) is 0 Å². The van der Waals surface area contributed by atoms with Gasteiger partial charge in [-0.15, -0.1) is 0 Å². The third kappa shape index (κ3) is 2.78. The first kappa shape index (κ1) is 13.7. The van der Waals surface area contributed by atoms with E-state index in [2.05, 4.69) is 26.2 Å². The molecule has 0 saturated carbocycles. The Morgan fingerprint density at radius 3 is 2.86 bits per heavy atom. The maximum Gasteiger partial charge on any atom is 0.255 e. The summed E-state index contributed by atoms with van der Waals surface area (Å²) in [6, 6.07) is 12.9. The summed E-state index contributed by atoms with van der Waals surface area (Å²) < 4.78 is 6.06. The molecule has 0 aliphatic heterocycles. The molecule has 0 saturated heterocycles. The number of nitrogens with one attached hydrogen (secondary N) is 2. The number of anilines is 1. The number of rotatable bonds is 3. The molecular formula is C16H13BrN2O2. The normalized spacial score (nSPS) is 10.6. The average Bonchev–Trinajstić information content (AvgIpc) is 2.96. The Bertz CT molecular complexity index is 811. The number of ether oxygens (including phenoxy) is 1. The molecule has 3 aromatic rings. The first-order valence-corrected chi connectivity index (χ1v) is 7.19. The number of benzene rings is 2. The van der Waals surface area contributed by atoms with E-state index in [1.165, 1.54) is 0 Å². The number of amides is 1. The Morgan fingerprint density at radius 2 is 2.05 bits per heavy atom. The lowest BCUT2D eigenvalue weighted by atomic mass is 10.1. The van der Waals surface area contributed by atoms with Gasteiger partial charge in [-0.3, -0.25) is 4.79 Å². The summed E-state index contributed by atoms with van der Waals surface area (Å²) in [5, 5.41) is 3.88. The van der Waals surface area contributed by atoms with E-state index < -0.39 is 0 Å². The van der Waals surface area contributed by atoms with Crippen molar-refractivity contribution in [3.8, 4) is 5.75 Å². The molecule has 1 heterocycles. The maximum absolute atomic E-state index is 12.3. The molecule has 1 amide bonds. The zero-order chi connectivity index (χ0) is 14.8. The molecule has 0 bridgehead atoms. The molecule has 0 spiro atoms. The van der Waals surface area contributed by atoms with Gasteiger partial charge in [0.15, 0.2) is 0 Å². The predicted octanol–water partition coefficient (Wildman–Crippen LogP) is 4.19. The average molecular weight is 345 g/mol. The molecule has 0 radical (unpaired) electrons. The van der Waals surface area contributed by atoms with E-state index in [-0.39, 0.29) is 5.91 Å². The SMILES string of the molecule is COc1cc(NC(=O)c2ccc3[nH]ccc3c2)ccc1Br. The Balaban J connectivity index is 1.85. The lowest BCUT2D eigenvalue weighted by Crippen LogP contribution is -2.11. The predicted molar refractivity (Wildman–Crippen MR) is 86.9 cm³/mol. The van der Waals surface area contributed by atoms with Crippen LogP contribution in [0.15, 0.2) is 53.1 Å². The van der Waals surface area contributed by atoms with Gasteiger partial charge in [0.05, 0.1) is 11.6 Å². The van der Waals surface area contributed by atoms with E-state index in [0.717, 1.165) is 15.4 Å². The summed E-state index contributed by atoms with van der Waals surface area (Å²) in [5.74, 6) is 0.524. The molecule has 21 heavy (non-hydrogen) atoms. The molecule has 106 valence electrons. The lowest BCUT2D eigenvalue weighted by molar-refractivity contribution is 0.102. The minimum atomic E-state index is -0.150. The molecule has 0 fully saturated rings. The van der Waals surface area contributed by atoms with Crippen LogP contribution in [0.25, 0.3) is 10.9 Å². The number of carbonyl (C=O) groups is 1. The van der Waals surface area contributed by atoms with E-state index in [4.69, 9.17) is 4.74 Å². The third-order valence-corrected chi connectivity index (χ3v) is 3.88. The molecule has 0 aliphatic carbocycles. The number of hydrogen-bond donors (Lipinski definition) is 2. The van der Waals surface area contributed by atoms with Crippen LogP contribution < -0.4 is 10.1 Å². The smallest absolute Gasteiger partial charge is 0.255 e. The monoisotopic (exact) mass is 344 g/mol. The van der Waals surface area contributed by atoms with E-state index in [0.29, 0.717) is 17.0 Å². The van der Waals surface area contributed by atoms with Gasteiger partial charge >= 0.3 is 0 Å². The van der Waals surface area contributed by atoms with Gasteiger partial charge < -0.3 is 15.0 Å². The second-order valence-electron chi connectivity index (χ2n) is 4.58.